The molecule has 0 saturated heterocycles. The van der Waals surface area contributed by atoms with Gasteiger partial charge in [-0.2, -0.15) is 0 Å². The van der Waals surface area contributed by atoms with E-state index in [1.54, 1.807) is 0 Å². The highest BCUT2D eigenvalue weighted by molar-refractivity contribution is 14.1. The summed E-state index contributed by atoms with van der Waals surface area (Å²) in [6.07, 6.45) is 0. The Balaban J connectivity index is 2.56. The van der Waals surface area contributed by atoms with Crippen LogP contribution in [0.2, 0.25) is 0 Å². The maximum absolute atomic E-state index is 4.53. The van der Waals surface area contributed by atoms with Crippen LogP contribution in [0.25, 0.3) is 11.4 Å². The van der Waals surface area contributed by atoms with Gasteiger partial charge in [0.15, 0.2) is 5.82 Å². The molecule has 0 unspecified atom stereocenters. The lowest BCUT2D eigenvalue weighted by molar-refractivity contribution is 1.09. The third-order valence-electron chi connectivity index (χ3n) is 2.53. The van der Waals surface area contributed by atoms with Gasteiger partial charge in [0.05, 0.1) is 9.26 Å². The van der Waals surface area contributed by atoms with Crippen LogP contribution in [0.3, 0.4) is 0 Å². The molecule has 4 heteroatoms. The molecule has 17 heavy (non-hydrogen) atoms. The molecule has 1 aromatic carbocycles. The van der Waals surface area contributed by atoms with Crippen molar-refractivity contribution in [1.29, 1.82) is 0 Å². The molecule has 0 spiro atoms. The van der Waals surface area contributed by atoms with Crippen LogP contribution in [0.15, 0.2) is 24.3 Å². The number of hydrogen-bond acceptors (Lipinski definition) is 3. The number of aryl methyl sites for hydroxylation is 2. The van der Waals surface area contributed by atoms with E-state index in [-0.39, 0.29) is 0 Å². The molecule has 2 aromatic rings. The van der Waals surface area contributed by atoms with Crippen LogP contribution < -0.4 is 5.32 Å². The zero-order valence-electron chi connectivity index (χ0n) is 10.1. The number of nitrogens with zero attached hydrogens (tertiary/aromatic N) is 2. The van der Waals surface area contributed by atoms with Crippen LogP contribution >= 0.6 is 22.6 Å². The maximum Gasteiger partial charge on any atom is 0.161 e. The molecule has 2 rings (SSSR count). The highest BCUT2D eigenvalue weighted by atomic mass is 127. The summed E-state index contributed by atoms with van der Waals surface area (Å²) < 4.78 is 1.07. The molecule has 1 N–H and O–H groups in total. The largest absolute Gasteiger partial charge is 0.372 e. The van der Waals surface area contributed by atoms with Gasteiger partial charge >= 0.3 is 0 Å². The van der Waals surface area contributed by atoms with E-state index < -0.39 is 0 Å². The first-order valence-electron chi connectivity index (χ1n) is 5.40. The summed E-state index contributed by atoms with van der Waals surface area (Å²) in [5, 5.41) is 3.10. The number of aromatic nitrogens is 2. The number of rotatable bonds is 2. The Labute approximate surface area is 115 Å². The Kier molecular flexibility index (Phi) is 3.61. The summed E-state index contributed by atoms with van der Waals surface area (Å²) >= 11 is 2.26. The van der Waals surface area contributed by atoms with Crippen LogP contribution in [0, 0.1) is 17.4 Å². The molecule has 0 saturated carbocycles. The molecule has 0 fully saturated rings. The van der Waals surface area contributed by atoms with Crippen molar-refractivity contribution in [2.75, 3.05) is 12.4 Å². The molecule has 0 aliphatic heterocycles. The molecule has 0 radical (unpaired) electrons. The first kappa shape index (κ1) is 12.3. The van der Waals surface area contributed by atoms with Gasteiger partial charge in [-0.1, -0.05) is 23.8 Å². The summed E-state index contributed by atoms with van der Waals surface area (Å²) in [5.74, 6) is 1.66. The van der Waals surface area contributed by atoms with Gasteiger partial charge in [0.1, 0.15) is 5.82 Å². The molecule has 0 aliphatic carbocycles. The van der Waals surface area contributed by atoms with E-state index >= 15 is 0 Å². The molecule has 1 heterocycles. The number of nitrogens with one attached hydrogen (secondary N) is 1. The van der Waals surface area contributed by atoms with Crippen molar-refractivity contribution in [3.05, 3.63) is 39.1 Å². The molecule has 3 nitrogen and oxygen atoms in total. The van der Waals surface area contributed by atoms with E-state index in [4.69, 9.17) is 0 Å². The fraction of sp³-hybridized carbons (Fsp3) is 0.231. The van der Waals surface area contributed by atoms with Crippen molar-refractivity contribution in [2.24, 2.45) is 0 Å². The average molecular weight is 339 g/mol. The Morgan fingerprint density at radius 1 is 1.18 bits per heavy atom. The predicted octanol–water partition coefficient (Wildman–Crippen LogP) is 3.41. The molecule has 88 valence electrons. The summed E-state index contributed by atoms with van der Waals surface area (Å²) in [5.41, 5.74) is 3.27. The summed E-state index contributed by atoms with van der Waals surface area (Å²) in [4.78, 5) is 9.07. The van der Waals surface area contributed by atoms with Crippen LogP contribution in [0.4, 0.5) is 5.82 Å². The molecular formula is C13H14IN3. The minimum atomic E-state index is 0.774. The van der Waals surface area contributed by atoms with E-state index in [0.29, 0.717) is 0 Å². The normalized spacial score (nSPS) is 10.4. The lowest BCUT2D eigenvalue weighted by Gasteiger charge is -2.09. The standard InChI is InChI=1S/C13H14IN3/c1-8-5-4-6-10(7-8)12-16-9(2)11(14)13(15-3)17-12/h4-7H,1-3H3,(H,15,16,17). The lowest BCUT2D eigenvalue weighted by Crippen LogP contribution is -2.02. The van der Waals surface area contributed by atoms with Crippen molar-refractivity contribution in [2.45, 2.75) is 13.8 Å². The number of hydrogen-bond donors (Lipinski definition) is 1. The highest BCUT2D eigenvalue weighted by Gasteiger charge is 2.09. The quantitative estimate of drug-likeness (QED) is 0.852. The van der Waals surface area contributed by atoms with Gasteiger partial charge in [-0.3, -0.25) is 0 Å². The highest BCUT2D eigenvalue weighted by Crippen LogP contribution is 2.23. The van der Waals surface area contributed by atoms with Crippen LogP contribution in [-0.2, 0) is 0 Å². The van der Waals surface area contributed by atoms with Crippen LogP contribution in [0.1, 0.15) is 11.3 Å². The molecule has 0 aliphatic rings. The van der Waals surface area contributed by atoms with Crippen molar-refractivity contribution >= 4 is 28.4 Å². The van der Waals surface area contributed by atoms with Gasteiger partial charge in [0.2, 0.25) is 0 Å². The second-order valence-electron chi connectivity index (χ2n) is 3.91. The summed E-state index contributed by atoms with van der Waals surface area (Å²) in [6.45, 7) is 4.08. The Morgan fingerprint density at radius 2 is 1.94 bits per heavy atom. The van der Waals surface area contributed by atoms with Gasteiger partial charge in [-0.15, -0.1) is 0 Å². The van der Waals surface area contributed by atoms with E-state index in [1.807, 2.05) is 26.1 Å². The third kappa shape index (κ3) is 2.57. The minimum Gasteiger partial charge on any atom is -0.372 e. The molecule has 0 bridgehead atoms. The van der Waals surface area contributed by atoms with E-state index in [2.05, 4.69) is 56.9 Å². The van der Waals surface area contributed by atoms with Crippen molar-refractivity contribution in [3.63, 3.8) is 0 Å². The predicted molar refractivity (Wildman–Crippen MR) is 79.2 cm³/mol. The van der Waals surface area contributed by atoms with Gasteiger partial charge in [-0.05, 0) is 42.5 Å². The number of halogens is 1. The fourth-order valence-corrected chi connectivity index (χ4v) is 2.15. The fourth-order valence-electron chi connectivity index (χ4n) is 1.64. The molecule has 1 aromatic heterocycles. The Bertz CT molecular complexity index is 552. The van der Waals surface area contributed by atoms with Gasteiger partial charge in [0, 0.05) is 12.6 Å². The Morgan fingerprint density at radius 3 is 2.59 bits per heavy atom. The monoisotopic (exact) mass is 339 g/mol. The van der Waals surface area contributed by atoms with Gasteiger partial charge in [0.25, 0.3) is 0 Å². The summed E-state index contributed by atoms with van der Waals surface area (Å²) in [7, 11) is 1.88. The average Bonchev–Trinajstić information content (AvgIpc) is 2.32. The minimum absolute atomic E-state index is 0.774. The maximum atomic E-state index is 4.53. The van der Waals surface area contributed by atoms with Gasteiger partial charge in [-0.25, -0.2) is 9.97 Å². The third-order valence-corrected chi connectivity index (χ3v) is 3.82. The molecule has 0 atom stereocenters. The van der Waals surface area contributed by atoms with Crippen molar-refractivity contribution in [3.8, 4) is 11.4 Å². The molecule has 0 amide bonds. The SMILES string of the molecule is CNc1nc(-c2cccc(C)c2)nc(C)c1I. The zero-order valence-corrected chi connectivity index (χ0v) is 12.2. The summed E-state index contributed by atoms with van der Waals surface area (Å²) in [6, 6.07) is 8.23. The first-order valence-corrected chi connectivity index (χ1v) is 6.48. The van der Waals surface area contributed by atoms with E-state index in [0.717, 1.165) is 26.5 Å². The lowest BCUT2D eigenvalue weighted by atomic mass is 10.1. The second-order valence-corrected chi connectivity index (χ2v) is 4.99. The first-order chi connectivity index (χ1) is 8.11. The van der Waals surface area contributed by atoms with E-state index in [1.165, 1.54) is 5.56 Å². The van der Waals surface area contributed by atoms with E-state index in [9.17, 15) is 0 Å². The van der Waals surface area contributed by atoms with Crippen molar-refractivity contribution < 1.29 is 0 Å². The van der Waals surface area contributed by atoms with Crippen molar-refractivity contribution in [1.82, 2.24) is 9.97 Å². The van der Waals surface area contributed by atoms with Crippen LogP contribution in [0.5, 0.6) is 0 Å². The second kappa shape index (κ2) is 5.00. The Hall–Kier alpha value is -1.17. The topological polar surface area (TPSA) is 37.8 Å². The zero-order chi connectivity index (χ0) is 12.4. The number of anilines is 1. The number of benzene rings is 1. The molecular weight excluding hydrogens is 325 g/mol. The smallest absolute Gasteiger partial charge is 0.161 e. The van der Waals surface area contributed by atoms with Crippen LogP contribution in [-0.4, -0.2) is 17.0 Å². The van der Waals surface area contributed by atoms with Gasteiger partial charge < -0.3 is 5.32 Å².